The van der Waals surface area contributed by atoms with Crippen LogP contribution in [-0.2, 0) is 4.74 Å². The Bertz CT molecular complexity index is 639. The second-order valence-corrected chi connectivity index (χ2v) is 5.06. The van der Waals surface area contributed by atoms with Crippen molar-refractivity contribution in [1.82, 2.24) is 4.90 Å². The molecule has 1 atom stereocenters. The summed E-state index contributed by atoms with van der Waals surface area (Å²) >= 11 is 0. The molecular weight excluding hydrogens is 268 g/mol. The van der Waals surface area contributed by atoms with Crippen molar-refractivity contribution >= 4 is 22.5 Å². The lowest BCUT2D eigenvalue weighted by molar-refractivity contribution is -0.00484. The molecule has 1 heterocycles. The lowest BCUT2D eigenvalue weighted by Crippen LogP contribution is -2.52. The highest BCUT2D eigenvalue weighted by Crippen LogP contribution is 2.23. The lowest BCUT2D eigenvalue weighted by Gasteiger charge is -2.34. The van der Waals surface area contributed by atoms with E-state index < -0.39 is 0 Å². The van der Waals surface area contributed by atoms with Gasteiger partial charge in [0, 0.05) is 11.9 Å². The molecule has 0 spiro atoms. The lowest BCUT2D eigenvalue weighted by atomic mass is 10.1. The average molecular weight is 286 g/mol. The first-order chi connectivity index (χ1) is 10.3. The van der Waals surface area contributed by atoms with Crippen molar-refractivity contribution in [1.29, 1.82) is 0 Å². The smallest absolute Gasteiger partial charge is 0.322 e. The molecule has 2 amide bonds. The topological polar surface area (TPSA) is 61.8 Å². The summed E-state index contributed by atoms with van der Waals surface area (Å²) in [5, 5.41) is 14.4. The Balaban J connectivity index is 1.83. The molecule has 0 aromatic heterocycles. The highest BCUT2D eigenvalue weighted by Gasteiger charge is 2.26. The molecular formula is C16H18N2O3. The largest absolute Gasteiger partial charge is 0.394 e. The highest BCUT2D eigenvalue weighted by molar-refractivity contribution is 6.01. The van der Waals surface area contributed by atoms with Gasteiger partial charge in [0.1, 0.15) is 0 Å². The predicted molar refractivity (Wildman–Crippen MR) is 81.4 cm³/mol. The minimum atomic E-state index is -0.284. The zero-order valence-electron chi connectivity index (χ0n) is 11.7. The summed E-state index contributed by atoms with van der Waals surface area (Å²) < 4.78 is 5.29. The molecule has 0 aliphatic carbocycles. The van der Waals surface area contributed by atoms with Crippen LogP contribution in [0.3, 0.4) is 0 Å². The molecule has 1 saturated heterocycles. The van der Waals surface area contributed by atoms with Gasteiger partial charge in [-0.05, 0) is 11.5 Å². The summed E-state index contributed by atoms with van der Waals surface area (Å²) in [6, 6.07) is 13.2. The van der Waals surface area contributed by atoms with E-state index in [1.165, 1.54) is 0 Å². The molecule has 3 rings (SSSR count). The number of hydrogen-bond donors (Lipinski definition) is 2. The van der Waals surface area contributed by atoms with Crippen LogP contribution < -0.4 is 5.32 Å². The number of anilines is 1. The van der Waals surface area contributed by atoms with Gasteiger partial charge in [0.15, 0.2) is 0 Å². The standard InChI is InChI=1S/C16H18N2O3/c19-10-13-11-21-9-8-18(13)16(20)17-15-7-3-5-12-4-1-2-6-14(12)15/h1-7,13,19H,8-11H2,(H,17,20). The Morgan fingerprint density at radius 2 is 2.10 bits per heavy atom. The van der Waals surface area contributed by atoms with Crippen molar-refractivity contribution in [3.63, 3.8) is 0 Å². The maximum atomic E-state index is 12.4. The van der Waals surface area contributed by atoms with Gasteiger partial charge in [-0.25, -0.2) is 4.79 Å². The van der Waals surface area contributed by atoms with Gasteiger partial charge >= 0.3 is 6.03 Å². The number of ether oxygens (including phenoxy) is 1. The number of urea groups is 1. The van der Waals surface area contributed by atoms with Crippen molar-refractivity contribution in [2.45, 2.75) is 6.04 Å². The first kappa shape index (κ1) is 13.9. The number of hydrogen-bond acceptors (Lipinski definition) is 3. The van der Waals surface area contributed by atoms with E-state index in [0.717, 1.165) is 16.5 Å². The van der Waals surface area contributed by atoms with Crippen molar-refractivity contribution < 1.29 is 14.6 Å². The zero-order valence-corrected chi connectivity index (χ0v) is 11.7. The Kier molecular flexibility index (Phi) is 4.03. The molecule has 0 radical (unpaired) electrons. The first-order valence-corrected chi connectivity index (χ1v) is 7.03. The number of amides is 2. The molecule has 5 nitrogen and oxygen atoms in total. The summed E-state index contributed by atoms with van der Waals surface area (Å²) in [4.78, 5) is 14.1. The Labute approximate surface area is 123 Å². The predicted octanol–water partition coefficient (Wildman–Crippen LogP) is 2.06. The number of carbonyl (C=O) groups excluding carboxylic acids is 1. The number of benzene rings is 2. The van der Waals surface area contributed by atoms with E-state index >= 15 is 0 Å². The highest BCUT2D eigenvalue weighted by atomic mass is 16.5. The van der Waals surface area contributed by atoms with E-state index in [1.54, 1.807) is 4.90 Å². The number of carbonyl (C=O) groups is 1. The Morgan fingerprint density at radius 1 is 1.29 bits per heavy atom. The monoisotopic (exact) mass is 286 g/mol. The fourth-order valence-electron chi connectivity index (χ4n) is 2.59. The maximum absolute atomic E-state index is 12.4. The molecule has 5 heteroatoms. The van der Waals surface area contributed by atoms with Crippen molar-refractivity contribution in [3.8, 4) is 0 Å². The van der Waals surface area contributed by atoms with Crippen LogP contribution in [0.25, 0.3) is 10.8 Å². The van der Waals surface area contributed by atoms with E-state index in [9.17, 15) is 9.90 Å². The molecule has 110 valence electrons. The van der Waals surface area contributed by atoms with Crippen LogP contribution in [0.15, 0.2) is 42.5 Å². The van der Waals surface area contributed by atoms with Gasteiger partial charge in [-0.15, -0.1) is 0 Å². The van der Waals surface area contributed by atoms with Gasteiger partial charge < -0.3 is 20.1 Å². The fraction of sp³-hybridized carbons (Fsp3) is 0.312. The molecule has 0 bridgehead atoms. The third kappa shape index (κ3) is 2.84. The van der Waals surface area contributed by atoms with Gasteiger partial charge in [-0.2, -0.15) is 0 Å². The normalized spacial score (nSPS) is 18.7. The third-order valence-electron chi connectivity index (χ3n) is 3.73. The number of fused-ring (bicyclic) bond motifs is 1. The molecule has 2 aromatic carbocycles. The minimum Gasteiger partial charge on any atom is -0.394 e. The third-order valence-corrected chi connectivity index (χ3v) is 3.73. The molecule has 1 unspecified atom stereocenters. The van der Waals surface area contributed by atoms with Gasteiger partial charge in [-0.3, -0.25) is 0 Å². The van der Waals surface area contributed by atoms with Crippen LogP contribution in [0.1, 0.15) is 0 Å². The Hall–Kier alpha value is -2.11. The van der Waals surface area contributed by atoms with Crippen LogP contribution in [0.2, 0.25) is 0 Å². The SMILES string of the molecule is O=C(Nc1cccc2ccccc12)N1CCOCC1CO. The average Bonchev–Trinajstić information content (AvgIpc) is 2.55. The van der Waals surface area contributed by atoms with Crippen LogP contribution >= 0.6 is 0 Å². The number of morpholine rings is 1. The van der Waals surface area contributed by atoms with Gasteiger partial charge in [0.05, 0.1) is 31.5 Å². The van der Waals surface area contributed by atoms with Crippen molar-refractivity contribution in [3.05, 3.63) is 42.5 Å². The number of aliphatic hydroxyl groups excluding tert-OH is 1. The zero-order chi connectivity index (χ0) is 14.7. The second kappa shape index (κ2) is 6.11. The summed E-state index contributed by atoms with van der Waals surface area (Å²) in [7, 11) is 0. The van der Waals surface area contributed by atoms with Gasteiger partial charge in [-0.1, -0.05) is 36.4 Å². The molecule has 1 aliphatic heterocycles. The van der Waals surface area contributed by atoms with Crippen LogP contribution in [0, 0.1) is 0 Å². The maximum Gasteiger partial charge on any atom is 0.322 e. The molecule has 0 saturated carbocycles. The van der Waals surface area contributed by atoms with Crippen molar-refractivity contribution in [2.24, 2.45) is 0 Å². The molecule has 2 N–H and O–H groups in total. The number of aliphatic hydroxyl groups is 1. The number of nitrogens with zero attached hydrogens (tertiary/aromatic N) is 1. The molecule has 1 fully saturated rings. The fourth-order valence-corrected chi connectivity index (χ4v) is 2.59. The van der Waals surface area contributed by atoms with Gasteiger partial charge in [0.2, 0.25) is 0 Å². The van der Waals surface area contributed by atoms with Crippen LogP contribution in [0.4, 0.5) is 10.5 Å². The summed E-state index contributed by atoms with van der Waals surface area (Å²) in [5.41, 5.74) is 0.779. The number of nitrogens with one attached hydrogen (secondary N) is 1. The van der Waals surface area contributed by atoms with Crippen LogP contribution in [0.5, 0.6) is 0 Å². The quantitative estimate of drug-likeness (QED) is 0.888. The van der Waals surface area contributed by atoms with E-state index in [0.29, 0.717) is 19.8 Å². The van der Waals surface area contributed by atoms with Gasteiger partial charge in [0.25, 0.3) is 0 Å². The Morgan fingerprint density at radius 3 is 2.95 bits per heavy atom. The molecule has 1 aliphatic rings. The number of rotatable bonds is 2. The van der Waals surface area contributed by atoms with E-state index in [-0.39, 0.29) is 18.7 Å². The van der Waals surface area contributed by atoms with Crippen LogP contribution in [-0.4, -0.2) is 48.4 Å². The first-order valence-electron chi connectivity index (χ1n) is 7.03. The second-order valence-electron chi connectivity index (χ2n) is 5.06. The minimum absolute atomic E-state index is 0.0943. The molecule has 2 aromatic rings. The summed E-state index contributed by atoms with van der Waals surface area (Å²) in [5.74, 6) is 0. The van der Waals surface area contributed by atoms with E-state index in [2.05, 4.69) is 5.32 Å². The molecule has 21 heavy (non-hydrogen) atoms. The summed E-state index contributed by atoms with van der Waals surface area (Å²) in [6.07, 6.45) is 0. The van der Waals surface area contributed by atoms with E-state index in [1.807, 2.05) is 42.5 Å². The summed E-state index contributed by atoms with van der Waals surface area (Å²) in [6.45, 7) is 1.27. The van der Waals surface area contributed by atoms with Crippen molar-refractivity contribution in [2.75, 3.05) is 31.7 Å². The van der Waals surface area contributed by atoms with E-state index in [4.69, 9.17) is 4.74 Å².